The zero-order chi connectivity index (χ0) is 12.7. The lowest BCUT2D eigenvalue weighted by Crippen LogP contribution is -2.34. The van der Waals surface area contributed by atoms with Gasteiger partial charge in [-0.05, 0) is 12.5 Å². The van der Waals surface area contributed by atoms with Gasteiger partial charge in [-0.15, -0.1) is 11.6 Å². The van der Waals surface area contributed by atoms with Crippen molar-refractivity contribution in [3.63, 3.8) is 0 Å². The van der Waals surface area contributed by atoms with Crippen LogP contribution in [-0.2, 0) is 0 Å². The van der Waals surface area contributed by atoms with Crippen molar-refractivity contribution in [2.75, 3.05) is 19.0 Å². The molecule has 1 rings (SSSR count). The molecule has 0 aliphatic heterocycles. The van der Waals surface area contributed by atoms with E-state index in [1.165, 1.54) is 12.3 Å². The molecule has 0 aromatic carbocycles. The first kappa shape index (κ1) is 13.9. The van der Waals surface area contributed by atoms with Gasteiger partial charge in [0, 0.05) is 25.2 Å². The predicted octanol–water partition coefficient (Wildman–Crippen LogP) is 2.70. The Morgan fingerprint density at radius 1 is 1.53 bits per heavy atom. The molecule has 0 saturated carbocycles. The second kappa shape index (κ2) is 7.22. The van der Waals surface area contributed by atoms with Crippen LogP contribution in [0.5, 0.6) is 0 Å². The van der Waals surface area contributed by atoms with Crippen molar-refractivity contribution < 1.29 is 9.18 Å². The van der Waals surface area contributed by atoms with Gasteiger partial charge in [0.25, 0.3) is 5.91 Å². The van der Waals surface area contributed by atoms with Crippen LogP contribution in [0.3, 0.4) is 0 Å². The highest BCUT2D eigenvalue weighted by Crippen LogP contribution is 2.09. The molecular weight excluding hydrogens is 243 g/mol. The minimum atomic E-state index is -0.589. The number of halogens is 2. The van der Waals surface area contributed by atoms with Gasteiger partial charge in [0.15, 0.2) is 5.82 Å². The van der Waals surface area contributed by atoms with Crippen LogP contribution in [0, 0.1) is 5.82 Å². The van der Waals surface area contributed by atoms with Gasteiger partial charge >= 0.3 is 0 Å². The van der Waals surface area contributed by atoms with E-state index < -0.39 is 5.82 Å². The van der Waals surface area contributed by atoms with E-state index >= 15 is 0 Å². The molecule has 0 atom stereocenters. The molecule has 0 fully saturated rings. The normalized spacial score (nSPS) is 10.3. The SMILES string of the molecule is CCCCN(CCCl)C(=O)c1ccncc1F. The maximum Gasteiger partial charge on any atom is 0.256 e. The molecule has 1 aromatic heterocycles. The van der Waals surface area contributed by atoms with Crippen LogP contribution >= 0.6 is 11.6 Å². The summed E-state index contributed by atoms with van der Waals surface area (Å²) in [5.41, 5.74) is 0.0567. The highest BCUT2D eigenvalue weighted by molar-refractivity contribution is 6.18. The summed E-state index contributed by atoms with van der Waals surface area (Å²) < 4.78 is 13.4. The van der Waals surface area contributed by atoms with Gasteiger partial charge < -0.3 is 4.90 Å². The third-order valence-electron chi connectivity index (χ3n) is 2.43. The lowest BCUT2D eigenvalue weighted by atomic mass is 10.2. The van der Waals surface area contributed by atoms with Gasteiger partial charge in [0.2, 0.25) is 0 Å². The van der Waals surface area contributed by atoms with E-state index in [9.17, 15) is 9.18 Å². The molecule has 0 N–H and O–H groups in total. The number of alkyl halides is 1. The summed E-state index contributed by atoms with van der Waals surface area (Å²) in [4.78, 5) is 17.3. The molecular formula is C12H16ClFN2O. The number of hydrogen-bond donors (Lipinski definition) is 0. The number of rotatable bonds is 6. The van der Waals surface area contributed by atoms with Gasteiger partial charge in [-0.3, -0.25) is 9.78 Å². The maximum absolute atomic E-state index is 13.4. The molecule has 1 amide bonds. The number of unbranched alkanes of at least 4 members (excludes halogenated alkanes) is 1. The molecule has 0 aliphatic rings. The first-order valence-corrected chi connectivity index (χ1v) is 6.19. The Kier molecular flexibility index (Phi) is 5.91. The lowest BCUT2D eigenvalue weighted by molar-refractivity contribution is 0.0758. The monoisotopic (exact) mass is 258 g/mol. The van der Waals surface area contributed by atoms with Crippen molar-refractivity contribution >= 4 is 17.5 Å². The molecule has 0 bridgehead atoms. The number of amides is 1. The average Bonchev–Trinajstić information content (AvgIpc) is 2.34. The Labute approximate surface area is 106 Å². The average molecular weight is 259 g/mol. The Morgan fingerprint density at radius 2 is 2.29 bits per heavy atom. The number of nitrogens with zero attached hydrogens (tertiary/aromatic N) is 2. The molecule has 3 nitrogen and oxygen atoms in total. The minimum Gasteiger partial charge on any atom is -0.337 e. The molecule has 5 heteroatoms. The van der Waals surface area contributed by atoms with Crippen LogP contribution in [0.1, 0.15) is 30.1 Å². The fourth-order valence-electron chi connectivity index (χ4n) is 1.48. The molecule has 0 unspecified atom stereocenters. The number of hydrogen-bond acceptors (Lipinski definition) is 2. The van der Waals surface area contributed by atoms with E-state index in [1.54, 1.807) is 4.90 Å². The fraction of sp³-hybridized carbons (Fsp3) is 0.500. The second-order valence-corrected chi connectivity index (χ2v) is 4.07. The predicted molar refractivity (Wildman–Crippen MR) is 65.7 cm³/mol. The summed E-state index contributed by atoms with van der Waals surface area (Å²) in [6.07, 6.45) is 4.32. The molecule has 0 saturated heterocycles. The van der Waals surface area contributed by atoms with Crippen molar-refractivity contribution in [3.8, 4) is 0 Å². The Morgan fingerprint density at radius 3 is 2.88 bits per heavy atom. The molecule has 0 radical (unpaired) electrons. The number of carbonyl (C=O) groups excluding carboxylic acids is 1. The van der Waals surface area contributed by atoms with Crippen LogP contribution in [0.15, 0.2) is 18.5 Å². The molecule has 0 spiro atoms. The standard InChI is InChI=1S/C12H16ClFN2O/c1-2-3-7-16(8-5-13)12(17)10-4-6-15-9-11(10)14/h4,6,9H,2-3,5,7-8H2,1H3. The molecule has 0 aliphatic carbocycles. The summed E-state index contributed by atoms with van der Waals surface area (Å²) >= 11 is 5.65. The van der Waals surface area contributed by atoms with Crippen molar-refractivity contribution in [2.45, 2.75) is 19.8 Å². The Balaban J connectivity index is 2.80. The van der Waals surface area contributed by atoms with E-state index in [-0.39, 0.29) is 11.5 Å². The van der Waals surface area contributed by atoms with Crippen molar-refractivity contribution in [3.05, 3.63) is 29.8 Å². The van der Waals surface area contributed by atoms with Gasteiger partial charge in [-0.25, -0.2) is 4.39 Å². The Hall–Kier alpha value is -1.16. The highest BCUT2D eigenvalue weighted by Gasteiger charge is 2.18. The second-order valence-electron chi connectivity index (χ2n) is 3.69. The summed E-state index contributed by atoms with van der Waals surface area (Å²) in [6, 6.07) is 1.39. The van der Waals surface area contributed by atoms with E-state index in [4.69, 9.17) is 11.6 Å². The van der Waals surface area contributed by atoms with Crippen LogP contribution in [0.4, 0.5) is 4.39 Å². The van der Waals surface area contributed by atoms with Gasteiger partial charge in [0.1, 0.15) is 0 Å². The fourth-order valence-corrected chi connectivity index (χ4v) is 1.69. The number of carbonyl (C=O) groups is 1. The minimum absolute atomic E-state index is 0.0567. The number of aromatic nitrogens is 1. The van der Waals surface area contributed by atoms with Crippen LogP contribution < -0.4 is 0 Å². The quantitative estimate of drug-likeness (QED) is 0.735. The first-order valence-electron chi connectivity index (χ1n) is 5.65. The van der Waals surface area contributed by atoms with E-state index in [0.717, 1.165) is 19.0 Å². The molecule has 1 heterocycles. The third kappa shape index (κ3) is 3.97. The van der Waals surface area contributed by atoms with Gasteiger partial charge in [-0.1, -0.05) is 13.3 Å². The summed E-state index contributed by atoms with van der Waals surface area (Å²) in [7, 11) is 0. The first-order chi connectivity index (χ1) is 8.20. The van der Waals surface area contributed by atoms with E-state index in [2.05, 4.69) is 4.98 Å². The van der Waals surface area contributed by atoms with Crippen molar-refractivity contribution in [2.24, 2.45) is 0 Å². The smallest absolute Gasteiger partial charge is 0.256 e. The highest BCUT2D eigenvalue weighted by atomic mass is 35.5. The van der Waals surface area contributed by atoms with Crippen molar-refractivity contribution in [1.29, 1.82) is 0 Å². The zero-order valence-corrected chi connectivity index (χ0v) is 10.6. The van der Waals surface area contributed by atoms with E-state index in [1.807, 2.05) is 6.92 Å². The van der Waals surface area contributed by atoms with Crippen LogP contribution in [-0.4, -0.2) is 34.8 Å². The third-order valence-corrected chi connectivity index (χ3v) is 2.60. The van der Waals surface area contributed by atoms with Gasteiger partial charge in [0.05, 0.1) is 11.8 Å². The maximum atomic E-state index is 13.4. The summed E-state index contributed by atoms with van der Waals surface area (Å²) in [5, 5.41) is 0. The van der Waals surface area contributed by atoms with Crippen LogP contribution in [0.25, 0.3) is 0 Å². The van der Waals surface area contributed by atoms with Crippen molar-refractivity contribution in [1.82, 2.24) is 9.88 Å². The molecule has 94 valence electrons. The molecule has 17 heavy (non-hydrogen) atoms. The lowest BCUT2D eigenvalue weighted by Gasteiger charge is -2.21. The largest absolute Gasteiger partial charge is 0.337 e. The zero-order valence-electron chi connectivity index (χ0n) is 9.83. The summed E-state index contributed by atoms with van der Waals surface area (Å²) in [6.45, 7) is 3.07. The topological polar surface area (TPSA) is 33.2 Å². The number of pyridine rings is 1. The van der Waals surface area contributed by atoms with Crippen LogP contribution in [0.2, 0.25) is 0 Å². The summed E-state index contributed by atoms with van der Waals surface area (Å²) in [5.74, 6) is -0.560. The van der Waals surface area contributed by atoms with Gasteiger partial charge in [-0.2, -0.15) is 0 Å². The molecule has 1 aromatic rings. The van der Waals surface area contributed by atoms with E-state index in [0.29, 0.717) is 19.0 Å². The Bertz CT molecular complexity index is 373.